The van der Waals surface area contributed by atoms with Crippen LogP contribution in [0.1, 0.15) is 36.0 Å². The van der Waals surface area contributed by atoms with Crippen LogP contribution in [0.15, 0.2) is 30.3 Å². The second kappa shape index (κ2) is 7.66. The van der Waals surface area contributed by atoms with E-state index in [1.807, 2.05) is 30.3 Å². The van der Waals surface area contributed by atoms with Crippen LogP contribution in [0, 0.1) is 0 Å². The van der Waals surface area contributed by atoms with Crippen LogP contribution in [0.2, 0.25) is 0 Å². The Kier molecular flexibility index (Phi) is 5.35. The smallest absolute Gasteiger partial charge is 0.407 e. The summed E-state index contributed by atoms with van der Waals surface area (Å²) in [5.74, 6) is -0.0110. The second-order valence-electron chi connectivity index (χ2n) is 6.67. The summed E-state index contributed by atoms with van der Waals surface area (Å²) in [4.78, 5) is 27.2. The van der Waals surface area contributed by atoms with E-state index in [9.17, 15) is 9.59 Å². The highest BCUT2D eigenvalue weighted by molar-refractivity contribution is 5.94. The van der Waals surface area contributed by atoms with Crippen LogP contribution in [0.5, 0.6) is 0 Å². The van der Waals surface area contributed by atoms with Crippen LogP contribution in [0.3, 0.4) is 0 Å². The molecule has 2 aliphatic rings. The maximum absolute atomic E-state index is 12.3. The number of benzene rings is 1. The van der Waals surface area contributed by atoms with Crippen molar-refractivity contribution >= 4 is 12.0 Å². The van der Waals surface area contributed by atoms with E-state index in [4.69, 9.17) is 5.11 Å². The Morgan fingerprint density at radius 2 is 1.75 bits per heavy atom. The molecule has 1 aromatic carbocycles. The van der Waals surface area contributed by atoms with Crippen LogP contribution in [-0.2, 0) is 0 Å². The first-order valence-corrected chi connectivity index (χ1v) is 8.71. The minimum atomic E-state index is -0.819. The molecule has 1 aromatic rings. The topological polar surface area (TPSA) is 72.9 Å². The Balaban J connectivity index is 1.51. The number of amides is 2. The largest absolute Gasteiger partial charge is 0.465 e. The Hall–Kier alpha value is -2.08. The highest BCUT2D eigenvalue weighted by Crippen LogP contribution is 2.21. The summed E-state index contributed by atoms with van der Waals surface area (Å²) in [5, 5.41) is 12.2. The zero-order valence-corrected chi connectivity index (χ0v) is 13.9. The van der Waals surface area contributed by atoms with Gasteiger partial charge < -0.3 is 15.3 Å². The molecule has 0 radical (unpaired) electrons. The summed E-state index contributed by atoms with van der Waals surface area (Å²) in [5.41, 5.74) is 0.699. The standard InChI is InChI=1S/C18H25N3O3/c22-17(14-5-2-1-3-6-14)19-15-7-4-10-21(13-15)16-8-11-20(12-9-16)18(23)24/h1-3,5-6,15-16H,4,7-13H2,(H,19,22)(H,23,24). The molecular weight excluding hydrogens is 306 g/mol. The van der Waals surface area contributed by atoms with E-state index in [-0.39, 0.29) is 11.9 Å². The van der Waals surface area contributed by atoms with E-state index in [2.05, 4.69) is 10.2 Å². The molecule has 0 aromatic heterocycles. The van der Waals surface area contributed by atoms with Gasteiger partial charge >= 0.3 is 6.09 Å². The van der Waals surface area contributed by atoms with E-state index >= 15 is 0 Å². The molecule has 2 heterocycles. The summed E-state index contributed by atoms with van der Waals surface area (Å²) in [6.07, 6.45) is 3.01. The summed E-state index contributed by atoms with van der Waals surface area (Å²) in [6, 6.07) is 9.91. The number of hydrogen-bond donors (Lipinski definition) is 2. The van der Waals surface area contributed by atoms with Crippen molar-refractivity contribution in [2.45, 2.75) is 37.8 Å². The molecule has 0 aliphatic carbocycles. The van der Waals surface area contributed by atoms with Crippen LogP contribution < -0.4 is 5.32 Å². The molecule has 24 heavy (non-hydrogen) atoms. The van der Waals surface area contributed by atoms with Gasteiger partial charge in [0.2, 0.25) is 0 Å². The molecule has 3 rings (SSSR count). The first-order valence-electron chi connectivity index (χ1n) is 8.71. The van der Waals surface area contributed by atoms with Gasteiger partial charge in [-0.2, -0.15) is 0 Å². The number of carbonyl (C=O) groups excluding carboxylic acids is 1. The number of hydrogen-bond acceptors (Lipinski definition) is 3. The Labute approximate surface area is 142 Å². The predicted molar refractivity (Wildman–Crippen MR) is 91.1 cm³/mol. The first-order chi connectivity index (χ1) is 11.6. The fourth-order valence-corrected chi connectivity index (χ4v) is 3.74. The highest BCUT2D eigenvalue weighted by atomic mass is 16.4. The van der Waals surface area contributed by atoms with Crippen molar-refractivity contribution in [1.82, 2.24) is 15.1 Å². The average Bonchev–Trinajstić information content (AvgIpc) is 2.63. The van der Waals surface area contributed by atoms with Gasteiger partial charge in [-0.15, -0.1) is 0 Å². The van der Waals surface area contributed by atoms with E-state index in [0.29, 0.717) is 24.7 Å². The van der Waals surface area contributed by atoms with Gasteiger partial charge in [0.1, 0.15) is 0 Å². The van der Waals surface area contributed by atoms with Gasteiger partial charge in [-0.05, 0) is 44.4 Å². The normalized spacial score (nSPS) is 23.0. The quantitative estimate of drug-likeness (QED) is 0.889. The molecule has 0 spiro atoms. The maximum Gasteiger partial charge on any atom is 0.407 e. The minimum Gasteiger partial charge on any atom is -0.465 e. The lowest BCUT2D eigenvalue weighted by molar-refractivity contribution is 0.0697. The summed E-state index contributed by atoms with van der Waals surface area (Å²) < 4.78 is 0. The Morgan fingerprint density at radius 3 is 2.42 bits per heavy atom. The van der Waals surface area contributed by atoms with Gasteiger partial charge in [-0.3, -0.25) is 9.69 Å². The lowest BCUT2D eigenvalue weighted by Crippen LogP contribution is -2.53. The van der Waals surface area contributed by atoms with Crippen LogP contribution in [0.25, 0.3) is 0 Å². The zero-order chi connectivity index (χ0) is 16.9. The number of nitrogens with zero attached hydrogens (tertiary/aromatic N) is 2. The number of carboxylic acid groups (broad SMARTS) is 1. The molecule has 0 bridgehead atoms. The number of piperidine rings is 2. The lowest BCUT2D eigenvalue weighted by Gasteiger charge is -2.41. The summed E-state index contributed by atoms with van der Waals surface area (Å²) >= 11 is 0. The Morgan fingerprint density at radius 1 is 1.04 bits per heavy atom. The van der Waals surface area contributed by atoms with Crippen molar-refractivity contribution in [2.24, 2.45) is 0 Å². The van der Waals surface area contributed by atoms with Gasteiger partial charge in [-0.25, -0.2) is 4.79 Å². The number of rotatable bonds is 3. The SMILES string of the molecule is O=C(NC1CCCN(C2CCN(C(=O)O)CC2)C1)c1ccccc1. The van der Waals surface area contributed by atoms with E-state index in [1.165, 1.54) is 4.90 Å². The van der Waals surface area contributed by atoms with E-state index < -0.39 is 6.09 Å². The fraction of sp³-hybridized carbons (Fsp3) is 0.556. The predicted octanol–water partition coefficient (Wildman–Crippen LogP) is 2.02. The Bertz CT molecular complexity index is 570. The summed E-state index contributed by atoms with van der Waals surface area (Å²) in [7, 11) is 0. The molecule has 1 atom stereocenters. The molecule has 0 saturated carbocycles. The molecule has 6 heteroatoms. The molecule has 2 saturated heterocycles. The minimum absolute atomic E-state index is 0.0110. The van der Waals surface area contributed by atoms with E-state index in [1.54, 1.807) is 0 Å². The van der Waals surface area contributed by atoms with Gasteiger partial charge in [0.15, 0.2) is 0 Å². The molecular formula is C18H25N3O3. The van der Waals surface area contributed by atoms with Crippen molar-refractivity contribution in [3.05, 3.63) is 35.9 Å². The fourth-order valence-electron chi connectivity index (χ4n) is 3.74. The highest BCUT2D eigenvalue weighted by Gasteiger charge is 2.30. The third-order valence-corrected chi connectivity index (χ3v) is 5.08. The van der Waals surface area contributed by atoms with Gasteiger partial charge in [0, 0.05) is 37.3 Å². The van der Waals surface area contributed by atoms with E-state index in [0.717, 1.165) is 38.8 Å². The van der Waals surface area contributed by atoms with Crippen LogP contribution in [-0.4, -0.2) is 65.2 Å². The molecule has 2 aliphatic heterocycles. The van der Waals surface area contributed by atoms with Gasteiger partial charge in [0.05, 0.1) is 0 Å². The third kappa shape index (κ3) is 4.06. The third-order valence-electron chi connectivity index (χ3n) is 5.08. The molecule has 6 nitrogen and oxygen atoms in total. The number of carbonyl (C=O) groups is 2. The maximum atomic E-state index is 12.3. The van der Waals surface area contributed by atoms with Gasteiger partial charge in [-0.1, -0.05) is 18.2 Å². The number of nitrogens with one attached hydrogen (secondary N) is 1. The molecule has 2 fully saturated rings. The van der Waals surface area contributed by atoms with Crippen molar-refractivity contribution in [3.8, 4) is 0 Å². The molecule has 2 N–H and O–H groups in total. The van der Waals surface area contributed by atoms with Gasteiger partial charge in [0.25, 0.3) is 5.91 Å². The summed E-state index contributed by atoms with van der Waals surface area (Å²) in [6.45, 7) is 3.11. The molecule has 2 amide bonds. The average molecular weight is 331 g/mol. The number of likely N-dealkylation sites (tertiary alicyclic amines) is 2. The second-order valence-corrected chi connectivity index (χ2v) is 6.67. The van der Waals surface area contributed by atoms with Crippen molar-refractivity contribution in [3.63, 3.8) is 0 Å². The van der Waals surface area contributed by atoms with Crippen LogP contribution in [0.4, 0.5) is 4.79 Å². The van der Waals surface area contributed by atoms with Crippen molar-refractivity contribution in [2.75, 3.05) is 26.2 Å². The lowest BCUT2D eigenvalue weighted by atomic mass is 9.98. The molecule has 130 valence electrons. The monoisotopic (exact) mass is 331 g/mol. The van der Waals surface area contributed by atoms with Crippen molar-refractivity contribution in [1.29, 1.82) is 0 Å². The first kappa shape index (κ1) is 16.8. The van der Waals surface area contributed by atoms with Crippen molar-refractivity contribution < 1.29 is 14.7 Å². The van der Waals surface area contributed by atoms with Crippen LogP contribution >= 0.6 is 0 Å². The zero-order valence-electron chi connectivity index (χ0n) is 13.9. The molecule has 1 unspecified atom stereocenters.